The average molecular weight is 507 g/mol. The van der Waals surface area contributed by atoms with Gasteiger partial charge in [0.2, 0.25) is 10.0 Å². The van der Waals surface area contributed by atoms with Crippen LogP contribution in [0, 0.1) is 5.82 Å². The summed E-state index contributed by atoms with van der Waals surface area (Å²) in [4.78, 5) is 6.63. The fraction of sp³-hybridized carbons (Fsp3) is 0.211. The topological polar surface area (TPSA) is 53.5 Å². The second kappa shape index (κ2) is 8.61. The molecule has 2 aromatic carbocycles. The van der Waals surface area contributed by atoms with Crippen LogP contribution in [0.25, 0.3) is 11.3 Å². The van der Waals surface area contributed by atoms with Gasteiger partial charge in [0.15, 0.2) is 5.13 Å². The van der Waals surface area contributed by atoms with Crippen LogP contribution in [0.2, 0.25) is 15.1 Å². The lowest BCUT2D eigenvalue weighted by molar-refractivity contribution is 0.385. The zero-order valence-electron chi connectivity index (χ0n) is 15.4. The first kappa shape index (κ1) is 21.8. The first-order valence-electron chi connectivity index (χ1n) is 8.87. The molecule has 0 N–H and O–H groups in total. The highest BCUT2D eigenvalue weighted by molar-refractivity contribution is 7.89. The predicted octanol–water partition coefficient (Wildman–Crippen LogP) is 5.42. The van der Waals surface area contributed by atoms with Crippen LogP contribution < -0.4 is 4.90 Å². The Bertz CT molecular complexity index is 1200. The molecule has 0 spiro atoms. The van der Waals surface area contributed by atoms with Gasteiger partial charge in [-0.3, -0.25) is 0 Å². The first-order valence-corrected chi connectivity index (χ1v) is 12.3. The molecule has 1 saturated heterocycles. The standard InChI is InChI=1S/C19H15Cl3FN3O2S2/c20-13-2-1-3-17(18(13)22)30(27,28)26-8-6-25(7-9-26)19-24-16(11-29-19)12-4-5-15(23)14(21)10-12/h1-5,10-11H,6-9H2. The van der Waals surface area contributed by atoms with E-state index in [4.69, 9.17) is 34.8 Å². The van der Waals surface area contributed by atoms with Gasteiger partial charge in [0.1, 0.15) is 10.7 Å². The number of nitrogens with zero attached hydrogens (tertiary/aromatic N) is 3. The van der Waals surface area contributed by atoms with Crippen LogP contribution >= 0.6 is 46.1 Å². The van der Waals surface area contributed by atoms with E-state index in [0.29, 0.717) is 31.9 Å². The summed E-state index contributed by atoms with van der Waals surface area (Å²) in [7, 11) is -3.74. The van der Waals surface area contributed by atoms with Gasteiger partial charge in [0.25, 0.3) is 0 Å². The number of rotatable bonds is 4. The number of thiazole rings is 1. The third kappa shape index (κ3) is 4.17. The average Bonchev–Trinajstić information content (AvgIpc) is 3.22. The maximum Gasteiger partial charge on any atom is 0.244 e. The van der Waals surface area contributed by atoms with Crippen LogP contribution in [0.5, 0.6) is 0 Å². The summed E-state index contributed by atoms with van der Waals surface area (Å²) in [5.74, 6) is -0.479. The molecule has 0 bridgehead atoms. The van der Waals surface area contributed by atoms with Gasteiger partial charge in [0.05, 0.1) is 20.8 Å². The minimum Gasteiger partial charge on any atom is -0.345 e. The lowest BCUT2D eigenvalue weighted by Gasteiger charge is -2.34. The Kier molecular flexibility index (Phi) is 6.25. The van der Waals surface area contributed by atoms with Crippen molar-refractivity contribution in [3.63, 3.8) is 0 Å². The minimum absolute atomic E-state index is 0.00911. The van der Waals surface area contributed by atoms with Crippen LogP contribution in [-0.2, 0) is 10.0 Å². The third-order valence-corrected chi connectivity index (χ3v) is 8.81. The summed E-state index contributed by atoms with van der Waals surface area (Å²) >= 11 is 19.4. The molecule has 0 unspecified atom stereocenters. The molecule has 1 aliphatic heterocycles. The summed E-state index contributed by atoms with van der Waals surface area (Å²) in [5, 5.41) is 2.91. The highest BCUT2D eigenvalue weighted by Crippen LogP contribution is 2.33. The van der Waals surface area contributed by atoms with Crippen LogP contribution in [0.4, 0.5) is 9.52 Å². The zero-order valence-corrected chi connectivity index (χ0v) is 19.3. The number of benzene rings is 2. The molecule has 1 aliphatic rings. The molecule has 2 heterocycles. The van der Waals surface area contributed by atoms with E-state index < -0.39 is 15.8 Å². The predicted molar refractivity (Wildman–Crippen MR) is 120 cm³/mol. The Morgan fingerprint density at radius 2 is 1.73 bits per heavy atom. The van der Waals surface area contributed by atoms with E-state index in [-0.39, 0.29) is 20.0 Å². The van der Waals surface area contributed by atoms with Gasteiger partial charge in [-0.05, 0) is 30.3 Å². The van der Waals surface area contributed by atoms with Crippen molar-refractivity contribution in [1.82, 2.24) is 9.29 Å². The number of aromatic nitrogens is 1. The van der Waals surface area contributed by atoms with Crippen LogP contribution in [-0.4, -0.2) is 43.9 Å². The molecule has 1 aromatic heterocycles. The number of halogens is 4. The van der Waals surface area contributed by atoms with Gasteiger partial charge in [-0.15, -0.1) is 11.3 Å². The number of hydrogen-bond acceptors (Lipinski definition) is 5. The van der Waals surface area contributed by atoms with Crippen molar-refractivity contribution >= 4 is 61.3 Å². The van der Waals surface area contributed by atoms with Gasteiger partial charge in [-0.25, -0.2) is 17.8 Å². The van der Waals surface area contributed by atoms with Gasteiger partial charge >= 0.3 is 0 Å². The number of hydrogen-bond donors (Lipinski definition) is 0. The summed E-state index contributed by atoms with van der Waals surface area (Å²) in [6.07, 6.45) is 0. The molecule has 5 nitrogen and oxygen atoms in total. The molecule has 3 aromatic rings. The Hall–Kier alpha value is -1.42. The van der Waals surface area contributed by atoms with Crippen molar-refractivity contribution in [2.24, 2.45) is 0 Å². The summed E-state index contributed by atoms with van der Waals surface area (Å²) < 4.78 is 40.7. The van der Waals surface area contributed by atoms with E-state index in [1.165, 1.54) is 33.8 Å². The van der Waals surface area contributed by atoms with Crippen molar-refractivity contribution in [2.75, 3.05) is 31.1 Å². The maximum absolute atomic E-state index is 13.4. The minimum atomic E-state index is -3.74. The molecule has 1 fully saturated rings. The first-order chi connectivity index (χ1) is 14.3. The van der Waals surface area contributed by atoms with E-state index in [1.54, 1.807) is 18.2 Å². The summed E-state index contributed by atoms with van der Waals surface area (Å²) in [6.45, 7) is 1.55. The van der Waals surface area contributed by atoms with E-state index in [9.17, 15) is 12.8 Å². The smallest absolute Gasteiger partial charge is 0.244 e. The fourth-order valence-corrected chi connectivity index (χ4v) is 6.37. The van der Waals surface area contributed by atoms with Gasteiger partial charge in [0, 0.05) is 37.1 Å². The maximum atomic E-state index is 13.4. The third-order valence-electron chi connectivity index (χ3n) is 4.75. The lowest BCUT2D eigenvalue weighted by atomic mass is 10.2. The molecule has 4 rings (SSSR count). The fourth-order valence-electron chi connectivity index (χ4n) is 3.14. The largest absolute Gasteiger partial charge is 0.345 e. The summed E-state index contributed by atoms with van der Waals surface area (Å²) in [6, 6.07) is 9.04. The molecular formula is C19H15Cl3FN3O2S2. The molecule has 0 atom stereocenters. The van der Waals surface area contributed by atoms with E-state index in [2.05, 4.69) is 4.98 Å². The quantitative estimate of drug-likeness (QED) is 0.474. The van der Waals surface area contributed by atoms with E-state index >= 15 is 0 Å². The highest BCUT2D eigenvalue weighted by Gasteiger charge is 2.31. The van der Waals surface area contributed by atoms with Crippen LogP contribution in [0.15, 0.2) is 46.7 Å². The molecule has 0 radical (unpaired) electrons. The lowest BCUT2D eigenvalue weighted by Crippen LogP contribution is -2.48. The molecule has 11 heteroatoms. The Balaban J connectivity index is 1.48. The van der Waals surface area contributed by atoms with Crippen LogP contribution in [0.1, 0.15) is 0 Å². The SMILES string of the molecule is O=S(=O)(c1cccc(Cl)c1Cl)N1CCN(c2nc(-c3ccc(F)c(Cl)c3)cs2)CC1. The monoisotopic (exact) mass is 505 g/mol. The Morgan fingerprint density at radius 1 is 1.00 bits per heavy atom. The molecule has 0 amide bonds. The molecular weight excluding hydrogens is 492 g/mol. The highest BCUT2D eigenvalue weighted by atomic mass is 35.5. The van der Waals surface area contributed by atoms with E-state index in [0.717, 1.165) is 10.7 Å². The second-order valence-electron chi connectivity index (χ2n) is 6.59. The van der Waals surface area contributed by atoms with Gasteiger partial charge in [-0.1, -0.05) is 40.9 Å². The summed E-state index contributed by atoms with van der Waals surface area (Å²) in [5.41, 5.74) is 1.42. The van der Waals surface area contributed by atoms with Crippen molar-refractivity contribution in [3.05, 3.63) is 62.7 Å². The molecule has 0 saturated carbocycles. The normalized spacial score (nSPS) is 15.5. The molecule has 30 heavy (non-hydrogen) atoms. The van der Waals surface area contributed by atoms with Crippen molar-refractivity contribution in [1.29, 1.82) is 0 Å². The van der Waals surface area contributed by atoms with Crippen molar-refractivity contribution < 1.29 is 12.8 Å². The number of sulfonamides is 1. The molecule has 158 valence electrons. The van der Waals surface area contributed by atoms with Gasteiger partial charge < -0.3 is 4.90 Å². The van der Waals surface area contributed by atoms with E-state index in [1.807, 2.05) is 10.3 Å². The Labute approximate surface area is 192 Å². The Morgan fingerprint density at radius 3 is 2.43 bits per heavy atom. The van der Waals surface area contributed by atoms with Crippen LogP contribution in [0.3, 0.4) is 0 Å². The van der Waals surface area contributed by atoms with Crippen molar-refractivity contribution in [3.8, 4) is 11.3 Å². The second-order valence-corrected chi connectivity index (χ2v) is 10.5. The van der Waals surface area contributed by atoms with Crippen molar-refractivity contribution in [2.45, 2.75) is 4.90 Å². The van der Waals surface area contributed by atoms with Gasteiger partial charge in [-0.2, -0.15) is 4.31 Å². The number of anilines is 1. The zero-order chi connectivity index (χ0) is 21.5. The molecule has 0 aliphatic carbocycles. The number of piperazine rings is 1.